The van der Waals surface area contributed by atoms with Crippen LogP contribution in [0.4, 0.5) is 0 Å². The van der Waals surface area contributed by atoms with Gasteiger partial charge in [0.15, 0.2) is 0 Å². The number of esters is 1. The predicted octanol–water partition coefficient (Wildman–Crippen LogP) is 2.03. The normalized spacial score (nSPS) is 14.8. The maximum atomic E-state index is 12.0. The van der Waals surface area contributed by atoms with E-state index in [1.165, 1.54) is 13.3 Å². The van der Waals surface area contributed by atoms with Crippen molar-refractivity contribution >= 4 is 11.9 Å². The summed E-state index contributed by atoms with van der Waals surface area (Å²) in [5, 5.41) is 15.0. The first-order valence-corrected chi connectivity index (χ1v) is 7.96. The number of nitrogens with one attached hydrogen (secondary N) is 2. The molecule has 0 saturated heterocycles. The van der Waals surface area contributed by atoms with E-state index in [2.05, 4.69) is 15.4 Å². The summed E-state index contributed by atoms with van der Waals surface area (Å²) in [5.74, 6) is -0.720. The molecule has 1 aromatic rings. The van der Waals surface area contributed by atoms with Gasteiger partial charge in [-0.3, -0.25) is 4.79 Å². The minimum atomic E-state index is -0.384. The highest BCUT2D eigenvalue weighted by Crippen LogP contribution is 2.17. The fourth-order valence-corrected chi connectivity index (χ4v) is 2.63. The molecule has 1 aliphatic carbocycles. The zero-order valence-corrected chi connectivity index (χ0v) is 13.7. The van der Waals surface area contributed by atoms with Crippen molar-refractivity contribution in [2.45, 2.75) is 38.3 Å². The molecule has 2 rings (SSSR count). The first-order valence-electron chi connectivity index (χ1n) is 7.96. The SMILES string of the molecule is COC(=O)c1ccc(CN/C=C(/C#N)C(=O)NC2CCCC2)cc1. The molecule has 0 radical (unpaired) electrons. The second kappa shape index (κ2) is 8.73. The van der Waals surface area contributed by atoms with Gasteiger partial charge in [0, 0.05) is 18.8 Å². The summed E-state index contributed by atoms with van der Waals surface area (Å²) in [7, 11) is 1.34. The number of amides is 1. The van der Waals surface area contributed by atoms with Crippen LogP contribution in [0.25, 0.3) is 0 Å². The fourth-order valence-electron chi connectivity index (χ4n) is 2.63. The Morgan fingerprint density at radius 2 is 1.96 bits per heavy atom. The van der Waals surface area contributed by atoms with E-state index in [1.54, 1.807) is 24.3 Å². The Morgan fingerprint density at radius 1 is 1.29 bits per heavy atom. The first kappa shape index (κ1) is 17.5. The van der Waals surface area contributed by atoms with Gasteiger partial charge >= 0.3 is 5.97 Å². The van der Waals surface area contributed by atoms with Crippen LogP contribution >= 0.6 is 0 Å². The highest BCUT2D eigenvalue weighted by Gasteiger charge is 2.19. The van der Waals surface area contributed by atoms with E-state index in [-0.39, 0.29) is 23.5 Å². The number of hydrogen-bond donors (Lipinski definition) is 2. The summed E-state index contributed by atoms with van der Waals surface area (Å²) < 4.78 is 4.64. The molecule has 6 nitrogen and oxygen atoms in total. The molecule has 0 spiro atoms. The molecule has 1 aliphatic rings. The fraction of sp³-hybridized carbons (Fsp3) is 0.389. The topological polar surface area (TPSA) is 91.2 Å². The van der Waals surface area contributed by atoms with Gasteiger partial charge < -0.3 is 15.4 Å². The van der Waals surface area contributed by atoms with Crippen molar-refractivity contribution in [3.8, 4) is 6.07 Å². The number of nitrogens with zero attached hydrogens (tertiary/aromatic N) is 1. The summed E-state index contributed by atoms with van der Waals surface area (Å²) in [5.41, 5.74) is 1.46. The van der Waals surface area contributed by atoms with E-state index in [4.69, 9.17) is 5.26 Å². The number of ether oxygens (including phenoxy) is 1. The minimum absolute atomic E-state index is 0.0630. The molecule has 1 fully saturated rings. The zero-order chi connectivity index (χ0) is 17.4. The molecule has 0 unspecified atom stereocenters. The molecule has 2 N–H and O–H groups in total. The van der Waals surface area contributed by atoms with E-state index in [0.29, 0.717) is 12.1 Å². The third-order valence-corrected chi connectivity index (χ3v) is 3.98. The number of nitriles is 1. The molecule has 0 aromatic heterocycles. The Kier molecular flexibility index (Phi) is 6.38. The van der Waals surface area contributed by atoms with E-state index < -0.39 is 0 Å². The molecule has 1 aromatic carbocycles. The van der Waals surface area contributed by atoms with Gasteiger partial charge in [0.25, 0.3) is 5.91 Å². The van der Waals surface area contributed by atoms with Crippen LogP contribution in [0.5, 0.6) is 0 Å². The molecule has 1 amide bonds. The molecule has 0 bridgehead atoms. The quantitative estimate of drug-likeness (QED) is 0.474. The van der Waals surface area contributed by atoms with E-state index >= 15 is 0 Å². The van der Waals surface area contributed by atoms with E-state index in [0.717, 1.165) is 31.2 Å². The Labute approximate surface area is 141 Å². The van der Waals surface area contributed by atoms with Crippen LogP contribution in [0.1, 0.15) is 41.6 Å². The van der Waals surface area contributed by atoms with Crippen LogP contribution in [0.15, 0.2) is 36.0 Å². The highest BCUT2D eigenvalue weighted by molar-refractivity contribution is 5.97. The molecule has 24 heavy (non-hydrogen) atoms. The van der Waals surface area contributed by atoms with Crippen LogP contribution < -0.4 is 10.6 Å². The molecule has 6 heteroatoms. The van der Waals surface area contributed by atoms with Gasteiger partial charge in [-0.05, 0) is 30.5 Å². The Balaban J connectivity index is 1.87. The van der Waals surface area contributed by atoms with Crippen molar-refractivity contribution in [2.24, 2.45) is 0 Å². The number of rotatable bonds is 6. The van der Waals surface area contributed by atoms with Crippen LogP contribution in [-0.4, -0.2) is 25.0 Å². The first-order chi connectivity index (χ1) is 11.6. The number of methoxy groups -OCH3 is 1. The largest absolute Gasteiger partial charge is 0.465 e. The Bertz CT molecular complexity index is 653. The van der Waals surface area contributed by atoms with Crippen LogP contribution in [0, 0.1) is 11.3 Å². The van der Waals surface area contributed by atoms with Crippen molar-refractivity contribution in [3.63, 3.8) is 0 Å². The lowest BCUT2D eigenvalue weighted by atomic mass is 10.1. The summed E-state index contributed by atoms with van der Waals surface area (Å²) >= 11 is 0. The Morgan fingerprint density at radius 3 is 2.54 bits per heavy atom. The van der Waals surface area contributed by atoms with Gasteiger partial charge in [0.05, 0.1) is 12.7 Å². The number of hydrogen-bond acceptors (Lipinski definition) is 5. The number of benzene rings is 1. The molecule has 126 valence electrons. The Hall–Kier alpha value is -2.81. The molecule has 0 heterocycles. The van der Waals surface area contributed by atoms with E-state index in [1.807, 2.05) is 6.07 Å². The minimum Gasteiger partial charge on any atom is -0.465 e. The highest BCUT2D eigenvalue weighted by atomic mass is 16.5. The third-order valence-electron chi connectivity index (χ3n) is 3.98. The average Bonchev–Trinajstić information content (AvgIpc) is 3.11. The lowest BCUT2D eigenvalue weighted by Gasteiger charge is -2.11. The molecule has 1 saturated carbocycles. The van der Waals surface area contributed by atoms with Gasteiger partial charge in [-0.15, -0.1) is 0 Å². The molecule has 0 atom stereocenters. The van der Waals surface area contributed by atoms with Crippen molar-refractivity contribution in [1.82, 2.24) is 10.6 Å². The van der Waals surface area contributed by atoms with E-state index in [9.17, 15) is 9.59 Å². The third kappa shape index (κ3) is 4.85. The molecule has 0 aliphatic heterocycles. The van der Waals surface area contributed by atoms with Gasteiger partial charge in [0.2, 0.25) is 0 Å². The summed E-state index contributed by atoms with van der Waals surface area (Å²) in [6, 6.07) is 9.02. The maximum absolute atomic E-state index is 12.0. The van der Waals surface area contributed by atoms with Crippen LogP contribution in [0.2, 0.25) is 0 Å². The predicted molar refractivity (Wildman–Crippen MR) is 88.7 cm³/mol. The zero-order valence-electron chi connectivity index (χ0n) is 13.7. The van der Waals surface area contributed by atoms with Crippen molar-refractivity contribution in [1.29, 1.82) is 5.26 Å². The maximum Gasteiger partial charge on any atom is 0.337 e. The summed E-state index contributed by atoms with van der Waals surface area (Å²) in [6.45, 7) is 0.448. The summed E-state index contributed by atoms with van der Waals surface area (Å²) in [4.78, 5) is 23.4. The second-order valence-corrected chi connectivity index (χ2v) is 5.69. The van der Waals surface area contributed by atoms with Crippen LogP contribution in [0.3, 0.4) is 0 Å². The van der Waals surface area contributed by atoms with Crippen molar-refractivity contribution in [3.05, 3.63) is 47.2 Å². The van der Waals surface area contributed by atoms with Gasteiger partial charge in [-0.2, -0.15) is 5.26 Å². The van der Waals surface area contributed by atoms with Crippen LogP contribution in [-0.2, 0) is 16.1 Å². The smallest absolute Gasteiger partial charge is 0.337 e. The van der Waals surface area contributed by atoms with Gasteiger partial charge in [0.1, 0.15) is 11.6 Å². The van der Waals surface area contributed by atoms with Crippen molar-refractivity contribution in [2.75, 3.05) is 7.11 Å². The number of carbonyl (C=O) groups excluding carboxylic acids is 2. The molecular formula is C18H21N3O3. The second-order valence-electron chi connectivity index (χ2n) is 5.69. The monoisotopic (exact) mass is 327 g/mol. The summed E-state index contributed by atoms with van der Waals surface area (Å²) in [6.07, 6.45) is 5.63. The lowest BCUT2D eigenvalue weighted by Crippen LogP contribution is -2.33. The van der Waals surface area contributed by atoms with Gasteiger partial charge in [-0.1, -0.05) is 25.0 Å². The number of carbonyl (C=O) groups is 2. The standard InChI is InChI=1S/C18H21N3O3/c1-24-18(23)14-8-6-13(7-9-14)11-20-12-15(10-19)17(22)21-16-4-2-3-5-16/h6-9,12,16,20H,2-5,11H2,1H3,(H,21,22)/b15-12-. The lowest BCUT2D eigenvalue weighted by molar-refractivity contribution is -0.117. The van der Waals surface area contributed by atoms with Crippen molar-refractivity contribution < 1.29 is 14.3 Å². The molecular weight excluding hydrogens is 306 g/mol. The average molecular weight is 327 g/mol. The van der Waals surface area contributed by atoms with Gasteiger partial charge in [-0.25, -0.2) is 4.79 Å².